The van der Waals surface area contributed by atoms with E-state index in [-0.39, 0.29) is 0 Å². The highest BCUT2D eigenvalue weighted by Crippen LogP contribution is 2.18. The molecule has 17 heavy (non-hydrogen) atoms. The molecular formula is C13H20BrN3. The number of rotatable bonds is 4. The first-order chi connectivity index (χ1) is 8.29. The van der Waals surface area contributed by atoms with E-state index in [1.165, 1.54) is 19.4 Å². The summed E-state index contributed by atoms with van der Waals surface area (Å²) in [4.78, 5) is 6.84. The predicted octanol–water partition coefficient (Wildman–Crippen LogP) is 2.67. The van der Waals surface area contributed by atoms with E-state index in [1.807, 2.05) is 6.20 Å². The van der Waals surface area contributed by atoms with Gasteiger partial charge in [0.1, 0.15) is 5.82 Å². The van der Waals surface area contributed by atoms with Crippen molar-refractivity contribution in [3.05, 3.63) is 22.8 Å². The first-order valence-corrected chi connectivity index (χ1v) is 7.16. The quantitative estimate of drug-likeness (QED) is 0.926. The maximum atomic E-state index is 4.47. The summed E-state index contributed by atoms with van der Waals surface area (Å²) in [6.07, 6.45) is 4.51. The summed E-state index contributed by atoms with van der Waals surface area (Å²) in [6, 6.07) is 4.15. The number of hydrogen-bond acceptors (Lipinski definition) is 3. The van der Waals surface area contributed by atoms with Gasteiger partial charge in [-0.1, -0.05) is 0 Å². The standard InChI is InChI=1S/C13H20BrN3/c1-2-17(10-11-4-3-7-15-8-11)13-6-5-12(14)9-16-13/h5-6,9,11,15H,2-4,7-8,10H2,1H3. The lowest BCUT2D eigenvalue weighted by molar-refractivity contribution is 0.377. The molecular weight excluding hydrogens is 278 g/mol. The smallest absolute Gasteiger partial charge is 0.128 e. The van der Waals surface area contributed by atoms with Gasteiger partial charge in [0.25, 0.3) is 0 Å². The fourth-order valence-electron chi connectivity index (χ4n) is 2.33. The van der Waals surface area contributed by atoms with Gasteiger partial charge in [-0.3, -0.25) is 0 Å². The summed E-state index contributed by atoms with van der Waals surface area (Å²) in [7, 11) is 0. The van der Waals surface area contributed by atoms with Crippen molar-refractivity contribution in [2.24, 2.45) is 5.92 Å². The Morgan fingerprint density at radius 3 is 3.00 bits per heavy atom. The normalized spacial score (nSPS) is 20.2. The minimum Gasteiger partial charge on any atom is -0.357 e. The third-order valence-corrected chi connectivity index (χ3v) is 3.76. The van der Waals surface area contributed by atoms with Crippen LogP contribution in [-0.2, 0) is 0 Å². The predicted molar refractivity (Wildman–Crippen MR) is 75.4 cm³/mol. The average Bonchev–Trinajstić information content (AvgIpc) is 2.38. The lowest BCUT2D eigenvalue weighted by Crippen LogP contribution is -2.38. The Labute approximate surface area is 112 Å². The molecule has 0 radical (unpaired) electrons. The van der Waals surface area contributed by atoms with E-state index in [0.29, 0.717) is 0 Å². The lowest BCUT2D eigenvalue weighted by atomic mass is 9.99. The van der Waals surface area contributed by atoms with Gasteiger partial charge in [0.05, 0.1) is 0 Å². The Bertz CT molecular complexity index is 333. The van der Waals surface area contributed by atoms with Gasteiger partial charge in [-0.25, -0.2) is 4.98 Å². The van der Waals surface area contributed by atoms with Crippen LogP contribution in [0.3, 0.4) is 0 Å². The van der Waals surface area contributed by atoms with Gasteiger partial charge in [-0.05, 0) is 66.8 Å². The van der Waals surface area contributed by atoms with E-state index >= 15 is 0 Å². The Kier molecular flexibility index (Phi) is 4.80. The van der Waals surface area contributed by atoms with Crippen LogP contribution in [0.5, 0.6) is 0 Å². The number of halogens is 1. The van der Waals surface area contributed by atoms with E-state index < -0.39 is 0 Å². The number of nitrogens with one attached hydrogen (secondary N) is 1. The first kappa shape index (κ1) is 12.8. The first-order valence-electron chi connectivity index (χ1n) is 6.37. The van der Waals surface area contributed by atoms with Crippen LogP contribution in [0.2, 0.25) is 0 Å². The van der Waals surface area contributed by atoms with Crippen LogP contribution in [0.15, 0.2) is 22.8 Å². The van der Waals surface area contributed by atoms with Gasteiger partial charge >= 0.3 is 0 Å². The summed E-state index contributed by atoms with van der Waals surface area (Å²) in [5, 5.41) is 3.47. The highest BCUT2D eigenvalue weighted by Gasteiger charge is 2.16. The number of piperidine rings is 1. The molecule has 1 aliphatic heterocycles. The van der Waals surface area contributed by atoms with Crippen LogP contribution in [0.1, 0.15) is 19.8 Å². The zero-order chi connectivity index (χ0) is 12.1. The van der Waals surface area contributed by atoms with Crippen LogP contribution in [-0.4, -0.2) is 31.2 Å². The second-order valence-electron chi connectivity index (χ2n) is 4.59. The number of aromatic nitrogens is 1. The van der Waals surface area contributed by atoms with Gasteiger partial charge in [0.15, 0.2) is 0 Å². The zero-order valence-electron chi connectivity index (χ0n) is 10.3. The lowest BCUT2D eigenvalue weighted by Gasteiger charge is -2.30. The molecule has 0 saturated carbocycles. The molecule has 0 aromatic carbocycles. The molecule has 0 amide bonds. The van der Waals surface area contributed by atoms with Crippen molar-refractivity contribution in [1.82, 2.24) is 10.3 Å². The van der Waals surface area contributed by atoms with Crippen molar-refractivity contribution in [2.45, 2.75) is 19.8 Å². The molecule has 1 fully saturated rings. The minimum atomic E-state index is 0.758. The average molecular weight is 298 g/mol. The minimum absolute atomic E-state index is 0.758. The second kappa shape index (κ2) is 6.36. The molecule has 1 aromatic rings. The number of pyridine rings is 1. The maximum absolute atomic E-state index is 4.47. The number of nitrogens with zero attached hydrogens (tertiary/aromatic N) is 2. The van der Waals surface area contributed by atoms with Crippen LogP contribution in [0.25, 0.3) is 0 Å². The third kappa shape index (κ3) is 3.68. The zero-order valence-corrected chi connectivity index (χ0v) is 11.9. The molecule has 3 nitrogen and oxygen atoms in total. The van der Waals surface area contributed by atoms with Crippen molar-refractivity contribution in [3.63, 3.8) is 0 Å². The molecule has 1 aromatic heterocycles. The Morgan fingerprint density at radius 2 is 2.41 bits per heavy atom. The van der Waals surface area contributed by atoms with Crippen molar-refractivity contribution >= 4 is 21.7 Å². The van der Waals surface area contributed by atoms with E-state index in [0.717, 1.165) is 35.8 Å². The Morgan fingerprint density at radius 1 is 1.53 bits per heavy atom. The van der Waals surface area contributed by atoms with Gasteiger partial charge in [-0.2, -0.15) is 0 Å². The molecule has 4 heteroatoms. The third-order valence-electron chi connectivity index (χ3n) is 3.30. The highest BCUT2D eigenvalue weighted by atomic mass is 79.9. The van der Waals surface area contributed by atoms with E-state index in [9.17, 15) is 0 Å². The SMILES string of the molecule is CCN(CC1CCCNC1)c1ccc(Br)cn1. The van der Waals surface area contributed by atoms with Crippen molar-refractivity contribution < 1.29 is 0 Å². The van der Waals surface area contributed by atoms with Crippen molar-refractivity contribution in [1.29, 1.82) is 0 Å². The highest BCUT2D eigenvalue weighted by molar-refractivity contribution is 9.10. The number of anilines is 1. The Balaban J connectivity index is 1.97. The molecule has 1 aliphatic rings. The topological polar surface area (TPSA) is 28.2 Å². The van der Waals surface area contributed by atoms with Crippen molar-refractivity contribution in [2.75, 3.05) is 31.1 Å². The fraction of sp³-hybridized carbons (Fsp3) is 0.615. The summed E-state index contributed by atoms with van der Waals surface area (Å²) in [6.45, 7) is 6.65. The molecule has 94 valence electrons. The van der Waals surface area contributed by atoms with Gasteiger partial charge in [0.2, 0.25) is 0 Å². The molecule has 0 bridgehead atoms. The summed E-state index contributed by atoms with van der Waals surface area (Å²) >= 11 is 3.42. The van der Waals surface area contributed by atoms with Crippen LogP contribution < -0.4 is 10.2 Å². The van der Waals surface area contributed by atoms with Gasteiger partial charge in [0, 0.05) is 23.8 Å². The summed E-state index contributed by atoms with van der Waals surface area (Å²) in [5.41, 5.74) is 0. The van der Waals surface area contributed by atoms with E-state index in [1.54, 1.807) is 0 Å². The molecule has 2 heterocycles. The van der Waals surface area contributed by atoms with Crippen LogP contribution in [0.4, 0.5) is 5.82 Å². The second-order valence-corrected chi connectivity index (χ2v) is 5.50. The van der Waals surface area contributed by atoms with Crippen molar-refractivity contribution in [3.8, 4) is 0 Å². The molecule has 0 spiro atoms. The monoisotopic (exact) mass is 297 g/mol. The Hall–Kier alpha value is -0.610. The van der Waals surface area contributed by atoms with Crippen LogP contribution in [0, 0.1) is 5.92 Å². The molecule has 1 atom stereocenters. The molecule has 2 rings (SSSR count). The van der Waals surface area contributed by atoms with E-state index in [4.69, 9.17) is 0 Å². The summed E-state index contributed by atoms with van der Waals surface area (Å²) < 4.78 is 1.04. The molecule has 1 N–H and O–H groups in total. The molecule has 1 unspecified atom stereocenters. The van der Waals surface area contributed by atoms with Gasteiger partial charge in [-0.15, -0.1) is 0 Å². The summed E-state index contributed by atoms with van der Waals surface area (Å²) in [5.74, 6) is 1.84. The van der Waals surface area contributed by atoms with E-state index in [2.05, 4.69) is 50.2 Å². The van der Waals surface area contributed by atoms with Gasteiger partial charge < -0.3 is 10.2 Å². The molecule has 1 saturated heterocycles. The molecule has 0 aliphatic carbocycles. The number of hydrogen-bond donors (Lipinski definition) is 1. The fourth-order valence-corrected chi connectivity index (χ4v) is 2.57. The maximum Gasteiger partial charge on any atom is 0.128 e. The van der Waals surface area contributed by atoms with Crippen LogP contribution >= 0.6 is 15.9 Å². The largest absolute Gasteiger partial charge is 0.357 e.